The van der Waals surface area contributed by atoms with E-state index in [1.165, 1.54) is 0 Å². The minimum atomic E-state index is -0.810. The Labute approximate surface area is 103 Å². The van der Waals surface area contributed by atoms with Crippen LogP contribution in [0.15, 0.2) is 0 Å². The van der Waals surface area contributed by atoms with Crippen molar-refractivity contribution in [2.24, 2.45) is 5.92 Å². The zero-order valence-electron chi connectivity index (χ0n) is 10.9. The van der Waals surface area contributed by atoms with Crippen molar-refractivity contribution in [1.82, 2.24) is 5.32 Å². The van der Waals surface area contributed by atoms with Gasteiger partial charge in [0.05, 0.1) is 6.61 Å². The Morgan fingerprint density at radius 2 is 2.00 bits per heavy atom. The molecule has 0 aliphatic heterocycles. The number of carboxylic acids is 1. The Morgan fingerprint density at radius 1 is 1.41 bits per heavy atom. The number of carbonyl (C=O) groups is 1. The maximum Gasteiger partial charge on any atom is 0.323 e. The largest absolute Gasteiger partial charge is 0.480 e. The first-order valence-electron chi connectivity index (χ1n) is 6.70. The van der Waals surface area contributed by atoms with E-state index in [1.54, 1.807) is 0 Å². The van der Waals surface area contributed by atoms with E-state index in [-0.39, 0.29) is 12.6 Å². The highest BCUT2D eigenvalue weighted by Gasteiger charge is 2.42. The van der Waals surface area contributed by atoms with Gasteiger partial charge in [0.25, 0.3) is 0 Å². The van der Waals surface area contributed by atoms with Crippen LogP contribution in [-0.4, -0.2) is 34.4 Å². The number of hydrogen-bond donors (Lipinski definition) is 3. The molecule has 0 spiro atoms. The minimum Gasteiger partial charge on any atom is -0.480 e. The molecule has 0 aromatic rings. The summed E-state index contributed by atoms with van der Waals surface area (Å²) in [5, 5.41) is 21.8. The van der Waals surface area contributed by atoms with Gasteiger partial charge in [-0.05, 0) is 38.0 Å². The molecule has 4 nitrogen and oxygen atoms in total. The molecule has 0 aromatic heterocycles. The highest BCUT2D eigenvalue weighted by atomic mass is 16.4. The molecule has 0 radical (unpaired) electrons. The number of aliphatic hydroxyl groups is 1. The summed E-state index contributed by atoms with van der Waals surface area (Å²) >= 11 is 0. The third-order valence-corrected chi connectivity index (χ3v) is 4.14. The Morgan fingerprint density at radius 3 is 2.35 bits per heavy atom. The summed E-state index contributed by atoms with van der Waals surface area (Å²) in [5.74, 6) is -0.0996. The van der Waals surface area contributed by atoms with Crippen LogP contribution in [0.3, 0.4) is 0 Å². The van der Waals surface area contributed by atoms with Gasteiger partial charge in [-0.1, -0.05) is 20.3 Å². The van der Waals surface area contributed by atoms with Crippen LogP contribution in [0, 0.1) is 5.92 Å². The summed E-state index contributed by atoms with van der Waals surface area (Å²) in [5.41, 5.74) is -0.810. The first-order chi connectivity index (χ1) is 8.07. The lowest BCUT2D eigenvalue weighted by Crippen LogP contribution is -2.58. The maximum atomic E-state index is 11.5. The lowest BCUT2D eigenvalue weighted by Gasteiger charge is -2.39. The number of nitrogens with one attached hydrogen (secondary N) is 1. The first kappa shape index (κ1) is 14.5. The second kappa shape index (κ2) is 6.36. The lowest BCUT2D eigenvalue weighted by molar-refractivity contribution is -0.147. The van der Waals surface area contributed by atoms with Crippen molar-refractivity contribution in [3.8, 4) is 0 Å². The first-order valence-corrected chi connectivity index (χ1v) is 6.70. The Hall–Kier alpha value is -0.610. The van der Waals surface area contributed by atoms with Crippen molar-refractivity contribution in [2.45, 2.75) is 64.0 Å². The molecule has 0 aromatic carbocycles. The molecule has 100 valence electrons. The van der Waals surface area contributed by atoms with Crippen molar-refractivity contribution < 1.29 is 15.0 Å². The molecule has 1 unspecified atom stereocenters. The molecule has 0 amide bonds. The summed E-state index contributed by atoms with van der Waals surface area (Å²) in [7, 11) is 0. The molecule has 1 rings (SSSR count). The van der Waals surface area contributed by atoms with Gasteiger partial charge in [-0.25, -0.2) is 0 Å². The second-order valence-electron chi connectivity index (χ2n) is 5.17. The third kappa shape index (κ3) is 3.42. The molecule has 4 heteroatoms. The Bertz CT molecular complexity index is 243. The molecular formula is C13H25NO3. The number of hydrogen-bond acceptors (Lipinski definition) is 3. The number of aliphatic hydroxyl groups excluding tert-OH is 1. The van der Waals surface area contributed by atoms with Gasteiger partial charge in [-0.2, -0.15) is 0 Å². The van der Waals surface area contributed by atoms with Gasteiger partial charge in [0.2, 0.25) is 0 Å². The molecule has 1 aliphatic carbocycles. The molecular weight excluding hydrogens is 218 g/mol. The zero-order chi connectivity index (χ0) is 12.9. The van der Waals surface area contributed by atoms with Crippen LogP contribution in [0.2, 0.25) is 0 Å². The fourth-order valence-corrected chi connectivity index (χ4v) is 2.67. The molecule has 1 atom stereocenters. The van der Waals surface area contributed by atoms with E-state index in [9.17, 15) is 15.0 Å². The Balaban J connectivity index is 2.68. The second-order valence-corrected chi connectivity index (χ2v) is 5.17. The van der Waals surface area contributed by atoms with Crippen LogP contribution in [0.4, 0.5) is 0 Å². The van der Waals surface area contributed by atoms with Crippen LogP contribution in [0.25, 0.3) is 0 Å². The van der Waals surface area contributed by atoms with Crippen LogP contribution in [0.5, 0.6) is 0 Å². The van der Waals surface area contributed by atoms with Gasteiger partial charge in [0, 0.05) is 6.04 Å². The molecule has 1 saturated carbocycles. The van der Waals surface area contributed by atoms with Crippen molar-refractivity contribution in [2.75, 3.05) is 6.61 Å². The van der Waals surface area contributed by atoms with Gasteiger partial charge in [0.1, 0.15) is 5.54 Å². The molecule has 0 saturated heterocycles. The summed E-state index contributed by atoms with van der Waals surface area (Å²) in [6, 6.07) is -0.107. The minimum absolute atomic E-state index is 0.00271. The highest BCUT2D eigenvalue weighted by Crippen LogP contribution is 2.34. The van der Waals surface area contributed by atoms with Crippen molar-refractivity contribution in [1.29, 1.82) is 0 Å². The van der Waals surface area contributed by atoms with E-state index < -0.39 is 11.5 Å². The van der Waals surface area contributed by atoms with Crippen molar-refractivity contribution >= 4 is 5.97 Å². The summed E-state index contributed by atoms with van der Waals surface area (Å²) in [6.07, 6.45) is 5.18. The zero-order valence-corrected chi connectivity index (χ0v) is 10.9. The quantitative estimate of drug-likeness (QED) is 0.665. The van der Waals surface area contributed by atoms with E-state index >= 15 is 0 Å². The van der Waals surface area contributed by atoms with Gasteiger partial charge < -0.3 is 10.2 Å². The van der Waals surface area contributed by atoms with Crippen molar-refractivity contribution in [3.63, 3.8) is 0 Å². The van der Waals surface area contributed by atoms with Gasteiger partial charge >= 0.3 is 5.97 Å². The summed E-state index contributed by atoms with van der Waals surface area (Å²) in [6.45, 7) is 4.12. The summed E-state index contributed by atoms with van der Waals surface area (Å²) < 4.78 is 0. The highest BCUT2D eigenvalue weighted by molar-refractivity contribution is 5.79. The topological polar surface area (TPSA) is 69.6 Å². The molecule has 3 N–H and O–H groups in total. The number of carboxylic acid groups (broad SMARTS) is 1. The monoisotopic (exact) mass is 243 g/mol. The fraction of sp³-hybridized carbons (Fsp3) is 0.923. The standard InChI is InChI=1S/C13H25NO3/c1-3-10-5-7-13(8-6-10,12(16)17)14-11(4-2)9-15/h10-11,14-15H,3-9H2,1-2H3,(H,16,17). The van der Waals surface area contributed by atoms with E-state index in [1.807, 2.05) is 6.92 Å². The average Bonchev–Trinajstić information content (AvgIpc) is 2.36. The Kier molecular flexibility index (Phi) is 5.40. The third-order valence-electron chi connectivity index (χ3n) is 4.14. The lowest BCUT2D eigenvalue weighted by atomic mass is 9.75. The van der Waals surface area contributed by atoms with Crippen LogP contribution >= 0.6 is 0 Å². The van der Waals surface area contributed by atoms with Gasteiger partial charge in [-0.15, -0.1) is 0 Å². The van der Waals surface area contributed by atoms with Crippen LogP contribution < -0.4 is 5.32 Å². The van der Waals surface area contributed by atoms with E-state index in [2.05, 4.69) is 12.2 Å². The number of rotatable bonds is 6. The molecule has 17 heavy (non-hydrogen) atoms. The molecule has 0 heterocycles. The average molecular weight is 243 g/mol. The SMILES string of the molecule is CCC1CCC(NC(CC)CO)(C(=O)O)CC1. The van der Waals surface area contributed by atoms with Crippen LogP contribution in [0.1, 0.15) is 52.4 Å². The summed E-state index contributed by atoms with van der Waals surface area (Å²) in [4.78, 5) is 11.5. The molecule has 0 bridgehead atoms. The normalized spacial score (nSPS) is 31.1. The molecule has 1 fully saturated rings. The maximum absolute atomic E-state index is 11.5. The van der Waals surface area contributed by atoms with Gasteiger partial charge in [-0.3, -0.25) is 10.1 Å². The smallest absolute Gasteiger partial charge is 0.323 e. The van der Waals surface area contributed by atoms with Crippen LogP contribution in [-0.2, 0) is 4.79 Å². The predicted molar refractivity (Wildman–Crippen MR) is 66.9 cm³/mol. The van der Waals surface area contributed by atoms with E-state index in [0.717, 1.165) is 25.7 Å². The number of aliphatic carboxylic acids is 1. The van der Waals surface area contributed by atoms with Gasteiger partial charge in [0.15, 0.2) is 0 Å². The predicted octanol–water partition coefficient (Wildman–Crippen LogP) is 1.77. The molecule has 1 aliphatic rings. The van der Waals surface area contributed by atoms with E-state index in [4.69, 9.17) is 0 Å². The van der Waals surface area contributed by atoms with E-state index in [0.29, 0.717) is 18.8 Å². The van der Waals surface area contributed by atoms with Crippen molar-refractivity contribution in [3.05, 3.63) is 0 Å². The fourth-order valence-electron chi connectivity index (χ4n) is 2.67.